The van der Waals surface area contributed by atoms with Crippen LogP contribution in [-0.4, -0.2) is 12.4 Å². The lowest BCUT2D eigenvalue weighted by atomic mass is 10.2. The van der Waals surface area contributed by atoms with E-state index in [0.29, 0.717) is 5.92 Å². The monoisotopic (exact) mass is 153 g/mol. The molecule has 0 aromatic carbocycles. The average Bonchev–Trinajstić information content (AvgIpc) is 1.97. The Morgan fingerprint density at radius 2 is 2.18 bits per heavy atom. The van der Waals surface area contributed by atoms with Gasteiger partial charge >= 0.3 is 0 Å². The van der Waals surface area contributed by atoms with Gasteiger partial charge in [0.25, 0.3) is 0 Å². The van der Waals surface area contributed by atoms with Gasteiger partial charge in [-0.1, -0.05) is 20.4 Å². The number of aliphatic imine (C=N–C) groups is 1. The van der Waals surface area contributed by atoms with Gasteiger partial charge in [0, 0.05) is 18.7 Å². The Hall–Kier alpha value is -0.990. The van der Waals surface area contributed by atoms with Gasteiger partial charge < -0.3 is 0 Å². The maximum atomic E-state index is 4.17. The van der Waals surface area contributed by atoms with Gasteiger partial charge in [-0.15, -0.1) is 5.11 Å². The van der Waals surface area contributed by atoms with E-state index in [2.05, 4.69) is 21.8 Å². The van der Waals surface area contributed by atoms with Gasteiger partial charge in [0.2, 0.25) is 0 Å². The van der Waals surface area contributed by atoms with Crippen molar-refractivity contribution in [2.24, 2.45) is 21.1 Å². The maximum Gasteiger partial charge on any atom is 0.148 e. The third-order valence-corrected chi connectivity index (χ3v) is 1.08. The number of nitrogens with zero attached hydrogens (tertiary/aromatic N) is 3. The largest absolute Gasteiger partial charge is 0.269 e. The Morgan fingerprint density at radius 1 is 1.55 bits per heavy atom. The summed E-state index contributed by atoms with van der Waals surface area (Å²) in [5.41, 5.74) is 0. The molecule has 0 bridgehead atoms. The Morgan fingerprint density at radius 3 is 2.55 bits per heavy atom. The molecule has 62 valence electrons. The van der Waals surface area contributed by atoms with Crippen molar-refractivity contribution in [3.05, 3.63) is 12.8 Å². The van der Waals surface area contributed by atoms with E-state index >= 15 is 0 Å². The number of azo groups is 1. The molecule has 0 radical (unpaired) electrons. The highest BCUT2D eigenvalue weighted by Crippen LogP contribution is 1.99. The summed E-state index contributed by atoms with van der Waals surface area (Å²) in [4.78, 5) is 4.17. The van der Waals surface area contributed by atoms with Crippen molar-refractivity contribution in [3.63, 3.8) is 0 Å². The van der Waals surface area contributed by atoms with Gasteiger partial charge in [-0.2, -0.15) is 5.11 Å². The van der Waals surface area contributed by atoms with E-state index in [1.165, 1.54) is 6.20 Å². The first-order valence-corrected chi connectivity index (χ1v) is 3.78. The quantitative estimate of drug-likeness (QED) is 0.339. The van der Waals surface area contributed by atoms with Gasteiger partial charge in [-0.3, -0.25) is 4.99 Å². The van der Waals surface area contributed by atoms with Crippen molar-refractivity contribution in [1.29, 1.82) is 0 Å². The lowest BCUT2D eigenvalue weighted by Crippen LogP contribution is -2.03. The average molecular weight is 153 g/mol. The second-order valence-corrected chi connectivity index (χ2v) is 2.39. The van der Waals surface area contributed by atoms with Crippen molar-refractivity contribution < 1.29 is 0 Å². The molecule has 0 aliphatic rings. The highest BCUT2D eigenvalue weighted by atomic mass is 15.1. The summed E-state index contributed by atoms with van der Waals surface area (Å²) in [5.74, 6) is 1.12. The molecular formula is C8H15N3. The Bertz CT molecular complexity index is 168. The van der Waals surface area contributed by atoms with E-state index in [1.54, 1.807) is 0 Å². The second-order valence-electron chi connectivity index (χ2n) is 2.39. The van der Waals surface area contributed by atoms with Gasteiger partial charge in [0.05, 0.1) is 0 Å². The molecule has 0 saturated heterocycles. The molecule has 0 atom stereocenters. The van der Waals surface area contributed by atoms with Gasteiger partial charge in [-0.05, 0) is 6.92 Å². The summed E-state index contributed by atoms with van der Waals surface area (Å²) in [6.45, 7) is 10.2. The molecule has 0 amide bonds. The zero-order valence-corrected chi connectivity index (χ0v) is 7.41. The summed E-state index contributed by atoms with van der Waals surface area (Å²) >= 11 is 0. The van der Waals surface area contributed by atoms with Crippen LogP contribution in [0.25, 0.3) is 0 Å². The summed E-state index contributed by atoms with van der Waals surface area (Å²) in [5, 5.41) is 7.56. The van der Waals surface area contributed by atoms with Crippen molar-refractivity contribution in [3.8, 4) is 0 Å². The maximum absolute atomic E-state index is 4.17. The summed E-state index contributed by atoms with van der Waals surface area (Å²) in [6, 6.07) is 0. The molecule has 0 N–H and O–H groups in total. The summed E-state index contributed by atoms with van der Waals surface area (Å²) in [6.07, 6.45) is 1.41. The highest BCUT2D eigenvalue weighted by molar-refractivity contribution is 5.84. The molecule has 0 aromatic heterocycles. The fourth-order valence-electron chi connectivity index (χ4n) is 0.592. The van der Waals surface area contributed by atoms with Crippen molar-refractivity contribution in [2.45, 2.75) is 20.8 Å². The molecular weight excluding hydrogens is 138 g/mol. The predicted molar refractivity (Wildman–Crippen MR) is 47.9 cm³/mol. The predicted octanol–water partition coefficient (Wildman–Crippen LogP) is 2.66. The van der Waals surface area contributed by atoms with Gasteiger partial charge in [0.1, 0.15) is 5.84 Å². The van der Waals surface area contributed by atoms with Crippen LogP contribution >= 0.6 is 0 Å². The molecule has 0 fully saturated rings. The molecule has 0 aliphatic heterocycles. The Labute approximate surface area is 67.9 Å². The van der Waals surface area contributed by atoms with Crippen LogP contribution in [0.15, 0.2) is 28.0 Å². The number of rotatable bonds is 3. The minimum Gasteiger partial charge on any atom is -0.269 e. The SMILES string of the molecule is C=CN=NC(=NCC)C(C)C. The van der Waals surface area contributed by atoms with Gasteiger partial charge in [0.15, 0.2) is 0 Å². The van der Waals surface area contributed by atoms with Crippen LogP contribution in [0.4, 0.5) is 0 Å². The molecule has 3 nitrogen and oxygen atoms in total. The Kier molecular flexibility index (Phi) is 5.25. The fraction of sp³-hybridized carbons (Fsp3) is 0.625. The molecule has 0 rings (SSSR count). The Balaban J connectivity index is 4.22. The van der Waals surface area contributed by atoms with Crippen LogP contribution in [0.2, 0.25) is 0 Å². The normalized spacial score (nSPS) is 12.9. The van der Waals surface area contributed by atoms with Crippen molar-refractivity contribution in [1.82, 2.24) is 0 Å². The van der Waals surface area contributed by atoms with Crippen LogP contribution in [-0.2, 0) is 0 Å². The van der Waals surface area contributed by atoms with E-state index in [0.717, 1.165) is 12.4 Å². The molecule has 0 saturated carbocycles. The fourth-order valence-corrected chi connectivity index (χ4v) is 0.592. The lowest BCUT2D eigenvalue weighted by Gasteiger charge is -2.00. The van der Waals surface area contributed by atoms with Crippen LogP contribution in [0.1, 0.15) is 20.8 Å². The minimum absolute atomic E-state index is 0.332. The van der Waals surface area contributed by atoms with Crippen LogP contribution < -0.4 is 0 Å². The number of amidine groups is 1. The molecule has 11 heavy (non-hydrogen) atoms. The number of hydrogen-bond donors (Lipinski definition) is 0. The minimum atomic E-state index is 0.332. The second kappa shape index (κ2) is 5.77. The van der Waals surface area contributed by atoms with E-state index in [1.807, 2.05) is 20.8 Å². The topological polar surface area (TPSA) is 37.1 Å². The van der Waals surface area contributed by atoms with E-state index in [9.17, 15) is 0 Å². The van der Waals surface area contributed by atoms with Crippen LogP contribution in [0.3, 0.4) is 0 Å². The number of hydrogen-bond acceptors (Lipinski definition) is 2. The van der Waals surface area contributed by atoms with E-state index in [-0.39, 0.29) is 0 Å². The molecule has 0 spiro atoms. The smallest absolute Gasteiger partial charge is 0.148 e. The third kappa shape index (κ3) is 4.42. The zero-order chi connectivity index (χ0) is 8.69. The van der Waals surface area contributed by atoms with E-state index in [4.69, 9.17) is 0 Å². The molecule has 3 heteroatoms. The van der Waals surface area contributed by atoms with Crippen LogP contribution in [0, 0.1) is 5.92 Å². The van der Waals surface area contributed by atoms with Crippen LogP contribution in [0.5, 0.6) is 0 Å². The molecule has 0 heterocycles. The third-order valence-electron chi connectivity index (χ3n) is 1.08. The zero-order valence-electron chi connectivity index (χ0n) is 7.41. The summed E-state index contributed by atoms with van der Waals surface area (Å²) in [7, 11) is 0. The summed E-state index contributed by atoms with van der Waals surface area (Å²) < 4.78 is 0. The van der Waals surface area contributed by atoms with Crippen molar-refractivity contribution >= 4 is 5.84 Å². The highest BCUT2D eigenvalue weighted by Gasteiger charge is 2.00. The van der Waals surface area contributed by atoms with E-state index < -0.39 is 0 Å². The molecule has 0 aliphatic carbocycles. The lowest BCUT2D eigenvalue weighted by molar-refractivity contribution is 0.850. The first kappa shape index (κ1) is 10.0. The van der Waals surface area contributed by atoms with Gasteiger partial charge in [-0.25, -0.2) is 0 Å². The standard InChI is InChI=1S/C8H15N3/c1-5-9-8(7(3)4)11-10-6-2/h6-7H,2,5H2,1,3-4H3. The first-order chi connectivity index (χ1) is 5.22. The molecule has 0 unspecified atom stereocenters. The van der Waals surface area contributed by atoms with Crippen molar-refractivity contribution in [2.75, 3.05) is 6.54 Å². The first-order valence-electron chi connectivity index (χ1n) is 3.78. The molecule has 0 aromatic rings.